The molecule has 170 valence electrons. The number of ether oxygens (including phenoxy) is 1. The Balaban J connectivity index is 1.86. The third-order valence-corrected chi connectivity index (χ3v) is 7.83. The van der Waals surface area contributed by atoms with Gasteiger partial charge in [-0.3, -0.25) is 4.79 Å². The van der Waals surface area contributed by atoms with Gasteiger partial charge in [-0.1, -0.05) is 19.8 Å². The standard InChI is InChI=1S/C22H31N3O4S2/c1-4-5-9-17-15-30-22(23-17)21(26)24-19-14-18(10-11-20(19)29-16(2)3)31(27,28)25-12-7-6-8-13-25/h10-11,14-16H,4-9,12-13H2,1-3H3,(H,24,26). The molecule has 0 bridgehead atoms. The first-order valence-electron chi connectivity index (χ1n) is 10.9. The van der Waals surface area contributed by atoms with Crippen LogP contribution in [0.15, 0.2) is 28.5 Å². The highest BCUT2D eigenvalue weighted by atomic mass is 32.2. The van der Waals surface area contributed by atoms with E-state index >= 15 is 0 Å². The molecule has 1 amide bonds. The Morgan fingerprint density at radius 2 is 2.00 bits per heavy atom. The summed E-state index contributed by atoms with van der Waals surface area (Å²) >= 11 is 1.29. The van der Waals surface area contributed by atoms with Gasteiger partial charge >= 0.3 is 0 Å². The van der Waals surface area contributed by atoms with E-state index in [2.05, 4.69) is 17.2 Å². The van der Waals surface area contributed by atoms with Crippen molar-refractivity contribution in [2.75, 3.05) is 18.4 Å². The van der Waals surface area contributed by atoms with Crippen LogP contribution in [-0.2, 0) is 16.4 Å². The fraction of sp³-hybridized carbons (Fsp3) is 0.545. The number of aryl methyl sites for hydroxylation is 1. The molecule has 1 aliphatic rings. The van der Waals surface area contributed by atoms with Crippen molar-refractivity contribution in [1.82, 2.24) is 9.29 Å². The molecule has 0 spiro atoms. The number of aromatic nitrogens is 1. The number of carbonyl (C=O) groups is 1. The van der Waals surface area contributed by atoms with Crippen molar-refractivity contribution in [2.24, 2.45) is 0 Å². The summed E-state index contributed by atoms with van der Waals surface area (Å²) in [5.41, 5.74) is 1.24. The summed E-state index contributed by atoms with van der Waals surface area (Å²) in [5.74, 6) is 0.0672. The topological polar surface area (TPSA) is 88.6 Å². The summed E-state index contributed by atoms with van der Waals surface area (Å²) in [7, 11) is -3.62. The van der Waals surface area contributed by atoms with E-state index in [1.54, 1.807) is 12.1 Å². The Labute approximate surface area is 188 Å². The maximum absolute atomic E-state index is 13.1. The van der Waals surface area contributed by atoms with E-state index in [0.717, 1.165) is 44.2 Å². The molecule has 0 atom stereocenters. The van der Waals surface area contributed by atoms with Gasteiger partial charge in [0.05, 0.1) is 22.4 Å². The molecule has 0 radical (unpaired) electrons. The lowest BCUT2D eigenvalue weighted by Crippen LogP contribution is -2.35. The van der Waals surface area contributed by atoms with Crippen LogP contribution in [0.4, 0.5) is 5.69 Å². The molecule has 31 heavy (non-hydrogen) atoms. The van der Waals surface area contributed by atoms with Gasteiger partial charge in [-0.05, 0) is 57.7 Å². The lowest BCUT2D eigenvalue weighted by atomic mass is 10.2. The average molecular weight is 466 g/mol. The molecule has 1 aliphatic heterocycles. The van der Waals surface area contributed by atoms with Gasteiger partial charge in [-0.15, -0.1) is 11.3 Å². The minimum atomic E-state index is -3.62. The van der Waals surface area contributed by atoms with E-state index < -0.39 is 10.0 Å². The Morgan fingerprint density at radius 3 is 2.68 bits per heavy atom. The van der Waals surface area contributed by atoms with Crippen molar-refractivity contribution in [3.05, 3.63) is 34.3 Å². The highest BCUT2D eigenvalue weighted by Gasteiger charge is 2.27. The first kappa shape index (κ1) is 23.7. The summed E-state index contributed by atoms with van der Waals surface area (Å²) in [6.07, 6.45) is 5.57. The number of thiazole rings is 1. The third kappa shape index (κ3) is 6.05. The van der Waals surface area contributed by atoms with E-state index in [1.807, 2.05) is 19.2 Å². The third-order valence-electron chi connectivity index (χ3n) is 5.05. The highest BCUT2D eigenvalue weighted by molar-refractivity contribution is 7.89. The summed E-state index contributed by atoms with van der Waals surface area (Å²) in [6.45, 7) is 6.92. The fourth-order valence-electron chi connectivity index (χ4n) is 3.44. The van der Waals surface area contributed by atoms with Crippen LogP contribution < -0.4 is 10.1 Å². The van der Waals surface area contributed by atoms with Crippen LogP contribution in [0.25, 0.3) is 0 Å². The number of unbranched alkanes of at least 4 members (excludes halogenated alkanes) is 1. The van der Waals surface area contributed by atoms with Gasteiger partial charge in [0.1, 0.15) is 5.75 Å². The van der Waals surface area contributed by atoms with Crippen LogP contribution in [0.1, 0.15) is 68.4 Å². The largest absolute Gasteiger partial charge is 0.489 e. The van der Waals surface area contributed by atoms with Crippen molar-refractivity contribution in [2.45, 2.75) is 70.3 Å². The zero-order chi connectivity index (χ0) is 22.4. The van der Waals surface area contributed by atoms with Crippen molar-refractivity contribution in [1.29, 1.82) is 0 Å². The molecular formula is C22H31N3O4S2. The maximum atomic E-state index is 13.1. The van der Waals surface area contributed by atoms with E-state index in [4.69, 9.17) is 4.74 Å². The number of nitrogens with one attached hydrogen (secondary N) is 1. The molecular weight excluding hydrogens is 434 g/mol. The van der Waals surface area contributed by atoms with Gasteiger partial charge < -0.3 is 10.1 Å². The number of carbonyl (C=O) groups excluding carboxylic acids is 1. The van der Waals surface area contributed by atoms with Crippen molar-refractivity contribution in [3.63, 3.8) is 0 Å². The molecule has 1 N–H and O–H groups in total. The zero-order valence-corrected chi connectivity index (χ0v) is 20.0. The molecule has 9 heteroatoms. The zero-order valence-electron chi connectivity index (χ0n) is 18.4. The number of benzene rings is 1. The lowest BCUT2D eigenvalue weighted by molar-refractivity contribution is 0.102. The fourth-order valence-corrected chi connectivity index (χ4v) is 5.73. The van der Waals surface area contributed by atoms with Gasteiger partial charge in [0.2, 0.25) is 10.0 Å². The van der Waals surface area contributed by atoms with Crippen LogP contribution in [0, 0.1) is 0 Å². The molecule has 7 nitrogen and oxygen atoms in total. The van der Waals surface area contributed by atoms with Gasteiger partial charge in [0, 0.05) is 18.5 Å². The quantitative estimate of drug-likeness (QED) is 0.580. The van der Waals surface area contributed by atoms with Gasteiger partial charge in [0.15, 0.2) is 5.01 Å². The molecule has 2 aromatic rings. The number of anilines is 1. The second-order valence-electron chi connectivity index (χ2n) is 7.99. The van der Waals surface area contributed by atoms with Gasteiger partial charge in [-0.2, -0.15) is 4.31 Å². The normalized spacial score (nSPS) is 15.2. The number of hydrogen-bond donors (Lipinski definition) is 1. The monoisotopic (exact) mass is 465 g/mol. The smallest absolute Gasteiger partial charge is 0.284 e. The molecule has 1 fully saturated rings. The minimum absolute atomic E-state index is 0.124. The number of piperidine rings is 1. The predicted octanol–water partition coefficient (Wildman–Crippen LogP) is 4.70. The Kier molecular flexibility index (Phi) is 8.07. The highest BCUT2D eigenvalue weighted by Crippen LogP contribution is 2.31. The van der Waals surface area contributed by atoms with Gasteiger partial charge in [-0.25, -0.2) is 13.4 Å². The molecule has 1 aromatic heterocycles. The minimum Gasteiger partial charge on any atom is -0.489 e. The Morgan fingerprint density at radius 1 is 1.26 bits per heavy atom. The number of sulfonamides is 1. The second-order valence-corrected chi connectivity index (χ2v) is 10.8. The molecule has 3 rings (SSSR count). The molecule has 1 aromatic carbocycles. The lowest BCUT2D eigenvalue weighted by Gasteiger charge is -2.26. The molecule has 0 saturated carbocycles. The van der Waals surface area contributed by atoms with E-state index in [-0.39, 0.29) is 16.9 Å². The molecule has 0 aliphatic carbocycles. The summed E-state index contributed by atoms with van der Waals surface area (Å²) in [6, 6.07) is 4.65. The summed E-state index contributed by atoms with van der Waals surface area (Å²) < 4.78 is 33.5. The van der Waals surface area contributed by atoms with Crippen molar-refractivity contribution in [3.8, 4) is 5.75 Å². The summed E-state index contributed by atoms with van der Waals surface area (Å²) in [4.78, 5) is 17.4. The maximum Gasteiger partial charge on any atom is 0.284 e. The first-order chi connectivity index (χ1) is 14.8. The number of rotatable bonds is 9. The average Bonchev–Trinajstić information content (AvgIpc) is 3.23. The molecule has 2 heterocycles. The predicted molar refractivity (Wildman–Crippen MR) is 123 cm³/mol. The van der Waals surface area contributed by atoms with E-state index in [0.29, 0.717) is 29.5 Å². The SMILES string of the molecule is CCCCc1csc(C(=O)Nc2cc(S(=O)(=O)N3CCCCC3)ccc2OC(C)C)n1. The van der Waals surface area contributed by atoms with Crippen LogP contribution >= 0.6 is 11.3 Å². The van der Waals surface area contributed by atoms with Crippen LogP contribution in [0.3, 0.4) is 0 Å². The van der Waals surface area contributed by atoms with Crippen molar-refractivity contribution < 1.29 is 17.9 Å². The van der Waals surface area contributed by atoms with Crippen molar-refractivity contribution >= 4 is 33.0 Å². The van der Waals surface area contributed by atoms with Crippen LogP contribution in [0.5, 0.6) is 5.75 Å². The van der Waals surface area contributed by atoms with Crippen LogP contribution in [0.2, 0.25) is 0 Å². The number of nitrogens with zero attached hydrogens (tertiary/aromatic N) is 2. The molecule has 1 saturated heterocycles. The van der Waals surface area contributed by atoms with Crippen LogP contribution in [-0.4, -0.2) is 42.8 Å². The second kappa shape index (κ2) is 10.6. The number of amides is 1. The first-order valence-corrected chi connectivity index (χ1v) is 13.2. The molecule has 0 unspecified atom stereocenters. The van der Waals surface area contributed by atoms with E-state index in [1.165, 1.54) is 21.7 Å². The number of hydrogen-bond acceptors (Lipinski definition) is 6. The van der Waals surface area contributed by atoms with Gasteiger partial charge in [0.25, 0.3) is 5.91 Å². The Bertz CT molecular complexity index is 996. The Hall–Kier alpha value is -1.97. The summed E-state index contributed by atoms with van der Waals surface area (Å²) in [5, 5.41) is 5.07. The van der Waals surface area contributed by atoms with E-state index in [9.17, 15) is 13.2 Å².